The van der Waals surface area contributed by atoms with Gasteiger partial charge in [-0.15, -0.1) is 0 Å². The summed E-state index contributed by atoms with van der Waals surface area (Å²) in [5.41, 5.74) is 9.85. The van der Waals surface area contributed by atoms with Crippen LogP contribution in [0, 0.1) is 6.42 Å². The van der Waals surface area contributed by atoms with Gasteiger partial charge in [-0.05, 0) is 53.1 Å². The minimum atomic E-state index is 1.08. The number of allylic oxidation sites excluding steroid dienone is 1. The minimum Gasteiger partial charge on any atom is -0.0642 e. The van der Waals surface area contributed by atoms with Gasteiger partial charge in [-0.1, -0.05) is 61.9 Å². The van der Waals surface area contributed by atoms with Crippen molar-refractivity contribution in [1.29, 1.82) is 0 Å². The van der Waals surface area contributed by atoms with Gasteiger partial charge in [0.1, 0.15) is 0 Å². The molecule has 0 nitrogen and oxygen atoms in total. The normalized spacial score (nSPS) is 13.2. The molecule has 0 aliphatic heterocycles. The Bertz CT molecular complexity index is 674. The molecule has 20 heavy (non-hydrogen) atoms. The van der Waals surface area contributed by atoms with Crippen LogP contribution in [0.2, 0.25) is 0 Å². The molecule has 0 bridgehead atoms. The Hall–Kier alpha value is -1.82. The summed E-state index contributed by atoms with van der Waals surface area (Å²) in [6.07, 6.45) is 6.77. The highest BCUT2D eigenvalue weighted by Gasteiger charge is 2.18. The van der Waals surface area contributed by atoms with Crippen LogP contribution in [-0.4, -0.2) is 0 Å². The smallest absolute Gasteiger partial charge is 0.0161 e. The van der Waals surface area contributed by atoms with Crippen LogP contribution in [0.1, 0.15) is 43.0 Å². The molecule has 0 saturated heterocycles. The number of rotatable bonds is 3. The maximum absolute atomic E-state index is 2.33. The van der Waals surface area contributed by atoms with Gasteiger partial charge in [-0.3, -0.25) is 0 Å². The first-order valence-electron chi connectivity index (χ1n) is 7.51. The Balaban J connectivity index is 2.30. The summed E-state index contributed by atoms with van der Waals surface area (Å²) >= 11 is 0. The van der Waals surface area contributed by atoms with Crippen LogP contribution in [0.15, 0.2) is 42.0 Å². The van der Waals surface area contributed by atoms with Crippen molar-refractivity contribution in [3.05, 3.63) is 70.6 Å². The molecule has 0 spiro atoms. The zero-order chi connectivity index (χ0) is 14.1. The Morgan fingerprint density at radius 3 is 2.35 bits per heavy atom. The lowest BCUT2D eigenvalue weighted by Crippen LogP contribution is -1.96. The molecule has 0 N–H and O–H groups in total. The Kier molecular flexibility index (Phi) is 3.48. The second-order valence-electron chi connectivity index (χ2n) is 5.50. The van der Waals surface area contributed by atoms with Gasteiger partial charge in [0, 0.05) is 6.42 Å². The SMILES string of the molecule is CCc1ccccc1-c1c(CC)ccc2c1C=C(C)[CH]2. The highest BCUT2D eigenvalue weighted by atomic mass is 14.2. The van der Waals surface area contributed by atoms with E-state index in [1.807, 2.05) is 0 Å². The summed E-state index contributed by atoms with van der Waals surface area (Å²) in [6.45, 7) is 6.66. The fourth-order valence-electron chi connectivity index (χ4n) is 3.16. The molecule has 0 heterocycles. The fourth-order valence-corrected chi connectivity index (χ4v) is 3.16. The quantitative estimate of drug-likeness (QED) is 0.689. The highest BCUT2D eigenvalue weighted by molar-refractivity contribution is 5.86. The lowest BCUT2D eigenvalue weighted by molar-refractivity contribution is 1.12. The summed E-state index contributed by atoms with van der Waals surface area (Å²) < 4.78 is 0. The van der Waals surface area contributed by atoms with Crippen molar-refractivity contribution < 1.29 is 0 Å². The Morgan fingerprint density at radius 2 is 1.60 bits per heavy atom. The lowest BCUT2D eigenvalue weighted by Gasteiger charge is -2.16. The predicted octanol–water partition coefficient (Wildman–Crippen LogP) is 5.45. The summed E-state index contributed by atoms with van der Waals surface area (Å²) in [4.78, 5) is 0. The van der Waals surface area contributed by atoms with Crippen molar-refractivity contribution in [2.24, 2.45) is 0 Å². The molecule has 0 amide bonds. The highest BCUT2D eigenvalue weighted by Crippen LogP contribution is 2.39. The van der Waals surface area contributed by atoms with Crippen LogP contribution in [0.5, 0.6) is 0 Å². The second kappa shape index (κ2) is 5.28. The van der Waals surface area contributed by atoms with Crippen molar-refractivity contribution in [2.75, 3.05) is 0 Å². The van der Waals surface area contributed by atoms with Gasteiger partial charge in [0.05, 0.1) is 0 Å². The summed E-state index contributed by atoms with van der Waals surface area (Å²) in [6, 6.07) is 13.4. The largest absolute Gasteiger partial charge is 0.0642 e. The van der Waals surface area contributed by atoms with Gasteiger partial charge in [-0.25, -0.2) is 0 Å². The molecular formula is C20H21. The van der Waals surface area contributed by atoms with Gasteiger partial charge in [-0.2, -0.15) is 0 Å². The molecule has 0 saturated carbocycles. The maximum atomic E-state index is 2.33. The number of hydrogen-bond acceptors (Lipinski definition) is 0. The van der Waals surface area contributed by atoms with Crippen LogP contribution in [0.25, 0.3) is 17.2 Å². The van der Waals surface area contributed by atoms with Crippen LogP contribution in [0.4, 0.5) is 0 Å². The van der Waals surface area contributed by atoms with E-state index in [9.17, 15) is 0 Å². The number of benzene rings is 2. The number of hydrogen-bond donors (Lipinski definition) is 0. The molecule has 3 rings (SSSR count). The number of aryl methyl sites for hydroxylation is 2. The zero-order valence-electron chi connectivity index (χ0n) is 12.5. The molecule has 1 aliphatic rings. The van der Waals surface area contributed by atoms with E-state index in [1.165, 1.54) is 39.0 Å². The summed E-state index contributed by atoms with van der Waals surface area (Å²) in [5.74, 6) is 0. The second-order valence-corrected chi connectivity index (χ2v) is 5.50. The molecule has 0 heteroatoms. The van der Waals surface area contributed by atoms with E-state index in [0.717, 1.165) is 12.8 Å². The Morgan fingerprint density at radius 1 is 0.850 bits per heavy atom. The van der Waals surface area contributed by atoms with Crippen LogP contribution < -0.4 is 0 Å². The van der Waals surface area contributed by atoms with Gasteiger partial charge < -0.3 is 0 Å². The summed E-state index contributed by atoms with van der Waals surface area (Å²) in [7, 11) is 0. The predicted molar refractivity (Wildman–Crippen MR) is 87.7 cm³/mol. The summed E-state index contributed by atoms with van der Waals surface area (Å²) in [5, 5.41) is 0. The monoisotopic (exact) mass is 261 g/mol. The van der Waals surface area contributed by atoms with Crippen molar-refractivity contribution in [3.8, 4) is 11.1 Å². The fraction of sp³-hybridized carbons (Fsp3) is 0.250. The first kappa shape index (κ1) is 13.2. The van der Waals surface area contributed by atoms with Gasteiger partial charge in [0.25, 0.3) is 0 Å². The van der Waals surface area contributed by atoms with E-state index in [4.69, 9.17) is 0 Å². The minimum absolute atomic E-state index is 1.08. The third kappa shape index (κ3) is 2.10. The lowest BCUT2D eigenvalue weighted by atomic mass is 9.88. The van der Waals surface area contributed by atoms with E-state index in [2.05, 4.69) is 69.7 Å². The average molecular weight is 261 g/mol. The van der Waals surface area contributed by atoms with Crippen LogP contribution in [-0.2, 0) is 12.8 Å². The molecule has 0 fully saturated rings. The third-order valence-electron chi connectivity index (χ3n) is 4.17. The van der Waals surface area contributed by atoms with Gasteiger partial charge >= 0.3 is 0 Å². The van der Waals surface area contributed by atoms with E-state index < -0.39 is 0 Å². The Labute approximate surface area is 122 Å². The molecule has 0 aromatic heterocycles. The molecule has 0 atom stereocenters. The molecule has 1 aliphatic carbocycles. The molecule has 2 aromatic carbocycles. The first-order valence-corrected chi connectivity index (χ1v) is 7.51. The molecule has 2 aromatic rings. The van der Waals surface area contributed by atoms with Crippen molar-refractivity contribution in [3.63, 3.8) is 0 Å². The standard InChI is InChI=1S/C20H21/c1-4-15-8-6-7-9-18(15)20-16(5-2)10-11-17-12-14(3)13-19(17)20/h6-13H,4-5H2,1-3H3. The van der Waals surface area contributed by atoms with E-state index in [0.29, 0.717) is 0 Å². The average Bonchev–Trinajstić information content (AvgIpc) is 2.86. The van der Waals surface area contributed by atoms with E-state index in [-0.39, 0.29) is 0 Å². The topological polar surface area (TPSA) is 0 Å². The van der Waals surface area contributed by atoms with Gasteiger partial charge in [0.15, 0.2) is 0 Å². The van der Waals surface area contributed by atoms with Gasteiger partial charge in [0.2, 0.25) is 0 Å². The zero-order valence-corrected chi connectivity index (χ0v) is 12.5. The molecule has 0 unspecified atom stereocenters. The van der Waals surface area contributed by atoms with Crippen LogP contribution in [0.3, 0.4) is 0 Å². The molecular weight excluding hydrogens is 240 g/mol. The maximum Gasteiger partial charge on any atom is 0.0161 e. The third-order valence-corrected chi connectivity index (χ3v) is 4.17. The molecule has 1 radical (unpaired) electrons. The van der Waals surface area contributed by atoms with E-state index >= 15 is 0 Å². The van der Waals surface area contributed by atoms with E-state index in [1.54, 1.807) is 0 Å². The van der Waals surface area contributed by atoms with Crippen molar-refractivity contribution in [2.45, 2.75) is 33.6 Å². The van der Waals surface area contributed by atoms with Crippen LogP contribution >= 0.6 is 0 Å². The number of fused-ring (bicyclic) bond motifs is 1. The van der Waals surface area contributed by atoms with Crippen molar-refractivity contribution >= 4 is 6.08 Å². The first-order chi connectivity index (χ1) is 9.74. The molecule has 101 valence electrons. The van der Waals surface area contributed by atoms with Crippen molar-refractivity contribution in [1.82, 2.24) is 0 Å².